The number of rotatable bonds is 3. The quantitative estimate of drug-likeness (QED) is 0.905. The zero-order chi connectivity index (χ0) is 13.2. The molecule has 1 aromatic carbocycles. The predicted octanol–water partition coefficient (Wildman–Crippen LogP) is 4.42. The first kappa shape index (κ1) is 12.9. The summed E-state index contributed by atoms with van der Waals surface area (Å²) in [6.45, 7) is 0. The van der Waals surface area contributed by atoms with Gasteiger partial charge in [-0.15, -0.1) is 0 Å². The molecule has 0 bridgehead atoms. The third-order valence-electron chi connectivity index (χ3n) is 4.03. The molecule has 2 atom stereocenters. The fraction of sp³-hybridized carbons (Fsp3) is 0.375. The van der Waals surface area contributed by atoms with Gasteiger partial charge in [-0.25, -0.2) is 0 Å². The molecule has 0 amide bonds. The fourth-order valence-corrected chi connectivity index (χ4v) is 3.49. The van der Waals surface area contributed by atoms with Crippen molar-refractivity contribution >= 4 is 15.9 Å². The van der Waals surface area contributed by atoms with Gasteiger partial charge < -0.3 is 9.73 Å². The number of benzene rings is 1. The molecule has 2 unspecified atom stereocenters. The van der Waals surface area contributed by atoms with Crippen LogP contribution in [0.3, 0.4) is 0 Å². The monoisotopic (exact) mass is 319 g/mol. The molecule has 1 N–H and O–H groups in total. The molecule has 0 aliphatic heterocycles. The summed E-state index contributed by atoms with van der Waals surface area (Å²) in [6.07, 6.45) is 3.66. The van der Waals surface area contributed by atoms with Gasteiger partial charge in [0.25, 0.3) is 0 Å². The van der Waals surface area contributed by atoms with Gasteiger partial charge in [0.15, 0.2) is 4.67 Å². The van der Waals surface area contributed by atoms with E-state index in [9.17, 15) is 0 Å². The number of halogens is 1. The van der Waals surface area contributed by atoms with Crippen molar-refractivity contribution in [3.63, 3.8) is 0 Å². The molecule has 19 heavy (non-hydrogen) atoms. The van der Waals surface area contributed by atoms with E-state index in [1.165, 1.54) is 30.4 Å². The fourth-order valence-electron chi connectivity index (χ4n) is 3.17. The molecule has 2 nitrogen and oxygen atoms in total. The Morgan fingerprint density at radius 3 is 2.84 bits per heavy atom. The number of nitrogens with one attached hydrogen (secondary N) is 1. The van der Waals surface area contributed by atoms with Crippen molar-refractivity contribution in [1.82, 2.24) is 5.32 Å². The van der Waals surface area contributed by atoms with Gasteiger partial charge in [-0.1, -0.05) is 24.3 Å². The van der Waals surface area contributed by atoms with Crippen LogP contribution < -0.4 is 5.32 Å². The van der Waals surface area contributed by atoms with Gasteiger partial charge in [0.2, 0.25) is 0 Å². The highest BCUT2D eigenvalue weighted by Crippen LogP contribution is 2.40. The van der Waals surface area contributed by atoms with Gasteiger partial charge in [0, 0.05) is 5.92 Å². The molecule has 3 rings (SSSR count). The van der Waals surface area contributed by atoms with Crippen LogP contribution in [0.1, 0.15) is 41.7 Å². The lowest BCUT2D eigenvalue weighted by atomic mass is 9.78. The van der Waals surface area contributed by atoms with E-state index in [2.05, 4.69) is 51.6 Å². The molecule has 0 spiro atoms. The third kappa shape index (κ3) is 2.49. The molecule has 1 aliphatic carbocycles. The Bertz CT molecular complexity index is 563. The lowest BCUT2D eigenvalue weighted by Crippen LogP contribution is -2.26. The van der Waals surface area contributed by atoms with Crippen LogP contribution in [-0.4, -0.2) is 7.05 Å². The Kier molecular flexibility index (Phi) is 3.76. The number of hydrogen-bond acceptors (Lipinski definition) is 2. The van der Waals surface area contributed by atoms with Crippen LogP contribution in [-0.2, 0) is 6.42 Å². The second-order valence-corrected chi connectivity index (χ2v) is 5.89. The maximum atomic E-state index is 5.76. The topological polar surface area (TPSA) is 25.2 Å². The summed E-state index contributed by atoms with van der Waals surface area (Å²) in [4.78, 5) is 0. The van der Waals surface area contributed by atoms with E-state index in [4.69, 9.17) is 4.42 Å². The van der Waals surface area contributed by atoms with E-state index in [1.54, 1.807) is 0 Å². The Morgan fingerprint density at radius 1 is 1.26 bits per heavy atom. The van der Waals surface area contributed by atoms with Crippen molar-refractivity contribution in [2.75, 3.05) is 7.05 Å². The molecule has 1 aromatic heterocycles. The first-order chi connectivity index (χ1) is 9.29. The molecular weight excluding hydrogens is 302 g/mol. The predicted molar refractivity (Wildman–Crippen MR) is 80.3 cm³/mol. The Balaban J connectivity index is 1.97. The van der Waals surface area contributed by atoms with E-state index in [1.807, 2.05) is 13.1 Å². The molecule has 0 radical (unpaired) electrons. The van der Waals surface area contributed by atoms with E-state index in [-0.39, 0.29) is 6.04 Å². The summed E-state index contributed by atoms with van der Waals surface area (Å²) < 4.78 is 6.56. The largest absolute Gasteiger partial charge is 0.453 e. The number of furan rings is 1. The molecule has 100 valence electrons. The van der Waals surface area contributed by atoms with Crippen molar-refractivity contribution < 1.29 is 4.42 Å². The molecule has 0 saturated heterocycles. The average Bonchev–Trinajstić information content (AvgIpc) is 2.86. The lowest BCUT2D eigenvalue weighted by molar-refractivity contribution is 0.351. The second-order valence-electron chi connectivity index (χ2n) is 5.11. The molecule has 3 heteroatoms. The zero-order valence-corrected chi connectivity index (χ0v) is 12.6. The summed E-state index contributed by atoms with van der Waals surface area (Å²) in [5.41, 5.74) is 2.96. The summed E-state index contributed by atoms with van der Waals surface area (Å²) in [5, 5.41) is 3.43. The zero-order valence-electron chi connectivity index (χ0n) is 11.0. The van der Waals surface area contributed by atoms with Crippen LogP contribution in [0.4, 0.5) is 0 Å². The lowest BCUT2D eigenvalue weighted by Gasteiger charge is -2.31. The highest BCUT2D eigenvalue weighted by molar-refractivity contribution is 9.10. The summed E-state index contributed by atoms with van der Waals surface area (Å²) >= 11 is 3.39. The van der Waals surface area contributed by atoms with Crippen LogP contribution >= 0.6 is 15.9 Å². The van der Waals surface area contributed by atoms with Crippen LogP contribution in [0.5, 0.6) is 0 Å². The van der Waals surface area contributed by atoms with Crippen molar-refractivity contribution in [2.45, 2.75) is 31.2 Å². The van der Waals surface area contributed by atoms with Crippen LogP contribution in [0.25, 0.3) is 0 Å². The van der Waals surface area contributed by atoms with Gasteiger partial charge in [-0.05, 0) is 65.5 Å². The number of fused-ring (bicyclic) bond motifs is 1. The summed E-state index contributed by atoms with van der Waals surface area (Å²) in [7, 11) is 2.01. The van der Waals surface area contributed by atoms with Crippen LogP contribution in [0.15, 0.2) is 45.5 Å². The van der Waals surface area contributed by atoms with E-state index in [0.717, 1.165) is 10.4 Å². The van der Waals surface area contributed by atoms with Crippen molar-refractivity contribution in [1.29, 1.82) is 0 Å². The van der Waals surface area contributed by atoms with Gasteiger partial charge in [0.1, 0.15) is 5.76 Å². The molecule has 0 fully saturated rings. The van der Waals surface area contributed by atoms with Crippen molar-refractivity contribution in [2.24, 2.45) is 0 Å². The first-order valence-electron chi connectivity index (χ1n) is 6.80. The Labute approximate surface area is 122 Å². The minimum absolute atomic E-state index is 0.243. The van der Waals surface area contributed by atoms with E-state index >= 15 is 0 Å². The van der Waals surface area contributed by atoms with Gasteiger partial charge >= 0.3 is 0 Å². The minimum atomic E-state index is 0.243. The first-order valence-corrected chi connectivity index (χ1v) is 7.59. The number of aryl methyl sites for hydroxylation is 1. The smallest absolute Gasteiger partial charge is 0.169 e. The normalized spacial score (nSPS) is 20.0. The van der Waals surface area contributed by atoms with Crippen molar-refractivity contribution in [3.8, 4) is 0 Å². The van der Waals surface area contributed by atoms with Crippen molar-refractivity contribution in [3.05, 3.63) is 58.0 Å². The van der Waals surface area contributed by atoms with Crippen LogP contribution in [0.2, 0.25) is 0 Å². The molecule has 2 aromatic rings. The number of likely N-dealkylation sites (N-methyl/N-ethyl adjacent to an activating group) is 1. The average molecular weight is 320 g/mol. The Morgan fingerprint density at radius 2 is 2.11 bits per heavy atom. The minimum Gasteiger partial charge on any atom is -0.453 e. The third-order valence-corrected chi connectivity index (χ3v) is 4.46. The molecule has 1 heterocycles. The molecule has 0 saturated carbocycles. The molecular formula is C16H18BrNO. The standard InChI is InChI=1S/C16H18BrNO/c1-18-16(14-9-10-15(17)19-14)13-8-4-6-11-5-2-3-7-12(11)13/h2-3,5,7,9-10,13,16,18H,4,6,8H2,1H3. The highest BCUT2D eigenvalue weighted by atomic mass is 79.9. The van der Waals surface area contributed by atoms with Gasteiger partial charge in [0.05, 0.1) is 6.04 Å². The molecule has 1 aliphatic rings. The Hall–Kier alpha value is -1.06. The maximum Gasteiger partial charge on any atom is 0.169 e. The summed E-state index contributed by atoms with van der Waals surface area (Å²) in [5.74, 6) is 1.50. The number of hydrogen-bond donors (Lipinski definition) is 1. The van der Waals surface area contributed by atoms with E-state index < -0.39 is 0 Å². The second kappa shape index (κ2) is 5.51. The summed E-state index contributed by atoms with van der Waals surface area (Å²) in [6, 6.07) is 13.1. The van der Waals surface area contributed by atoms with Gasteiger partial charge in [-0.3, -0.25) is 0 Å². The van der Waals surface area contributed by atoms with Crippen LogP contribution in [0, 0.1) is 0 Å². The SMILES string of the molecule is CNC(c1ccc(Br)o1)C1CCCc2ccccc21. The van der Waals surface area contributed by atoms with E-state index in [0.29, 0.717) is 5.92 Å². The van der Waals surface area contributed by atoms with Gasteiger partial charge in [-0.2, -0.15) is 0 Å². The highest BCUT2D eigenvalue weighted by Gasteiger charge is 2.29. The maximum absolute atomic E-state index is 5.76.